The first-order valence-electron chi connectivity index (χ1n) is 5.12. The molecule has 0 N–H and O–H groups in total. The van der Waals surface area contributed by atoms with E-state index in [2.05, 4.69) is 34.6 Å². The number of hydrogen-bond acceptors (Lipinski definition) is 0. The third kappa shape index (κ3) is 1.78. The summed E-state index contributed by atoms with van der Waals surface area (Å²) in [5.41, 5.74) is 0. The molecule has 0 aromatic heterocycles. The Balaban J connectivity index is 4.67. The van der Waals surface area contributed by atoms with Crippen molar-refractivity contribution in [2.45, 2.75) is 34.6 Å². The van der Waals surface area contributed by atoms with Crippen molar-refractivity contribution in [3.63, 3.8) is 0 Å². The standard InChI is InChI=1S/C10H25P/c1-6-11(7-2,8-3,9-4)10-5/h6-10H2,1-5H3. The molecule has 0 saturated carbocycles. The van der Waals surface area contributed by atoms with E-state index in [9.17, 15) is 0 Å². The van der Waals surface area contributed by atoms with Crippen molar-refractivity contribution in [2.75, 3.05) is 30.8 Å². The molecule has 0 aliphatic rings. The SMILES string of the molecule is CCP(CC)(CC)(CC)CC. The van der Waals surface area contributed by atoms with Gasteiger partial charge in [0.15, 0.2) is 0 Å². The van der Waals surface area contributed by atoms with E-state index in [1.165, 1.54) is 30.8 Å². The molecular weight excluding hydrogens is 151 g/mol. The van der Waals surface area contributed by atoms with E-state index in [0.29, 0.717) is 0 Å². The first kappa shape index (κ1) is 11.4. The molecule has 0 bridgehead atoms. The molecule has 0 amide bonds. The monoisotopic (exact) mass is 176 g/mol. The van der Waals surface area contributed by atoms with Crippen LogP contribution in [0.5, 0.6) is 0 Å². The van der Waals surface area contributed by atoms with Crippen molar-refractivity contribution in [1.29, 1.82) is 0 Å². The number of hydrogen-bond donors (Lipinski definition) is 0. The van der Waals surface area contributed by atoms with E-state index in [0.717, 1.165) is 0 Å². The minimum atomic E-state index is -1.18. The average molecular weight is 176 g/mol. The summed E-state index contributed by atoms with van der Waals surface area (Å²) in [6, 6.07) is 0. The first-order valence-corrected chi connectivity index (χ1v) is 8.28. The fourth-order valence-corrected chi connectivity index (χ4v) is 6.71. The molecule has 0 rings (SSSR count). The van der Waals surface area contributed by atoms with Crippen molar-refractivity contribution in [1.82, 2.24) is 0 Å². The van der Waals surface area contributed by atoms with Gasteiger partial charge in [-0.1, -0.05) is 0 Å². The van der Waals surface area contributed by atoms with Gasteiger partial charge in [-0.15, -0.1) is 0 Å². The zero-order chi connectivity index (χ0) is 8.98. The summed E-state index contributed by atoms with van der Waals surface area (Å²) in [5, 5.41) is 0. The Morgan fingerprint density at radius 1 is 0.545 bits per heavy atom. The molecule has 1 heteroatoms. The van der Waals surface area contributed by atoms with Crippen molar-refractivity contribution < 1.29 is 0 Å². The average Bonchev–Trinajstić information content (AvgIpc) is 2.12. The van der Waals surface area contributed by atoms with Gasteiger partial charge in [0.05, 0.1) is 0 Å². The normalized spacial score (nSPS) is 15.9. The molecule has 0 aliphatic carbocycles. The van der Waals surface area contributed by atoms with E-state index in [1.54, 1.807) is 0 Å². The van der Waals surface area contributed by atoms with Gasteiger partial charge in [-0.25, -0.2) is 0 Å². The van der Waals surface area contributed by atoms with Crippen LogP contribution in [-0.2, 0) is 0 Å². The first-order chi connectivity index (χ1) is 5.12. The summed E-state index contributed by atoms with van der Waals surface area (Å²) in [6.45, 7) is 10.8. The van der Waals surface area contributed by atoms with Gasteiger partial charge in [-0.05, 0) is 0 Å². The van der Waals surface area contributed by atoms with E-state index >= 15 is 0 Å². The maximum absolute atomic E-state index is 2.40. The van der Waals surface area contributed by atoms with Crippen LogP contribution in [0.4, 0.5) is 0 Å². The van der Waals surface area contributed by atoms with Crippen LogP contribution in [-0.4, -0.2) is 30.8 Å². The van der Waals surface area contributed by atoms with Gasteiger partial charge in [0.25, 0.3) is 0 Å². The summed E-state index contributed by atoms with van der Waals surface area (Å²) in [6.07, 6.45) is 7.32. The van der Waals surface area contributed by atoms with E-state index in [1.807, 2.05) is 0 Å². The van der Waals surface area contributed by atoms with Gasteiger partial charge in [-0.2, -0.15) is 0 Å². The second-order valence-electron chi connectivity index (χ2n) is 3.82. The predicted octanol–water partition coefficient (Wildman–Crippen LogP) is 3.64. The Bertz CT molecular complexity index is 77.2. The summed E-state index contributed by atoms with van der Waals surface area (Å²) < 4.78 is 0. The van der Waals surface area contributed by atoms with Crippen LogP contribution in [0, 0.1) is 0 Å². The third-order valence-corrected chi connectivity index (χ3v) is 13.4. The van der Waals surface area contributed by atoms with Crippen LogP contribution in [0.3, 0.4) is 0 Å². The minimum absolute atomic E-state index is 1.18. The molecule has 0 unspecified atom stereocenters. The molecule has 0 atom stereocenters. The second-order valence-corrected chi connectivity index (χ2v) is 11.5. The molecule has 0 radical (unpaired) electrons. The molecule has 11 heavy (non-hydrogen) atoms. The Morgan fingerprint density at radius 3 is 0.727 bits per heavy atom. The Labute approximate surface area is 72.7 Å². The molecule has 0 fully saturated rings. The van der Waals surface area contributed by atoms with Crippen molar-refractivity contribution in [3.8, 4) is 0 Å². The fourth-order valence-electron chi connectivity index (χ4n) is 2.24. The quantitative estimate of drug-likeness (QED) is 0.561. The van der Waals surface area contributed by atoms with Crippen LogP contribution in [0.25, 0.3) is 0 Å². The Morgan fingerprint density at radius 2 is 0.727 bits per heavy atom. The second kappa shape index (κ2) is 3.90. The van der Waals surface area contributed by atoms with E-state index in [-0.39, 0.29) is 0 Å². The zero-order valence-electron chi connectivity index (χ0n) is 8.98. The summed E-state index contributed by atoms with van der Waals surface area (Å²) >= 11 is 0. The van der Waals surface area contributed by atoms with Crippen molar-refractivity contribution >= 4 is 6.60 Å². The summed E-state index contributed by atoms with van der Waals surface area (Å²) in [5.74, 6) is 0. The van der Waals surface area contributed by atoms with Crippen LogP contribution in [0.2, 0.25) is 0 Å². The molecule has 0 aromatic carbocycles. The molecule has 0 aromatic rings. The van der Waals surface area contributed by atoms with Gasteiger partial charge < -0.3 is 0 Å². The summed E-state index contributed by atoms with van der Waals surface area (Å²) in [7, 11) is 0. The molecular formula is C10H25P. The van der Waals surface area contributed by atoms with Crippen LogP contribution >= 0.6 is 6.60 Å². The molecule has 0 aliphatic heterocycles. The predicted molar refractivity (Wildman–Crippen MR) is 59.6 cm³/mol. The van der Waals surface area contributed by atoms with Crippen LogP contribution in [0.15, 0.2) is 0 Å². The Kier molecular flexibility index (Phi) is 4.05. The van der Waals surface area contributed by atoms with Crippen molar-refractivity contribution in [2.24, 2.45) is 0 Å². The van der Waals surface area contributed by atoms with Crippen LogP contribution < -0.4 is 0 Å². The van der Waals surface area contributed by atoms with Gasteiger partial charge in [-0.3, -0.25) is 0 Å². The topological polar surface area (TPSA) is 0 Å². The van der Waals surface area contributed by atoms with E-state index in [4.69, 9.17) is 0 Å². The number of rotatable bonds is 5. The van der Waals surface area contributed by atoms with Gasteiger partial charge in [0.1, 0.15) is 0 Å². The molecule has 0 nitrogen and oxygen atoms in total. The van der Waals surface area contributed by atoms with Gasteiger partial charge in [0.2, 0.25) is 0 Å². The maximum atomic E-state index is 2.40. The Hall–Kier alpha value is 0.430. The molecule has 0 heterocycles. The molecule has 0 spiro atoms. The van der Waals surface area contributed by atoms with Crippen LogP contribution in [0.1, 0.15) is 34.6 Å². The molecule has 0 saturated heterocycles. The summed E-state index contributed by atoms with van der Waals surface area (Å²) in [4.78, 5) is 0. The molecule has 70 valence electrons. The van der Waals surface area contributed by atoms with E-state index < -0.39 is 6.60 Å². The van der Waals surface area contributed by atoms with Gasteiger partial charge in [0, 0.05) is 0 Å². The zero-order valence-corrected chi connectivity index (χ0v) is 9.88. The van der Waals surface area contributed by atoms with Crippen molar-refractivity contribution in [3.05, 3.63) is 0 Å². The third-order valence-electron chi connectivity index (χ3n) is 4.47. The fraction of sp³-hybridized carbons (Fsp3) is 1.00. The van der Waals surface area contributed by atoms with Gasteiger partial charge >= 0.3 is 72.0 Å².